The van der Waals surface area contributed by atoms with Gasteiger partial charge < -0.3 is 4.74 Å². The van der Waals surface area contributed by atoms with Crippen molar-refractivity contribution in [1.82, 2.24) is 10.4 Å². The van der Waals surface area contributed by atoms with Crippen LogP contribution in [0, 0.1) is 0 Å². The summed E-state index contributed by atoms with van der Waals surface area (Å²) < 4.78 is 6.19. The van der Waals surface area contributed by atoms with E-state index in [2.05, 4.69) is 23.4 Å². The van der Waals surface area contributed by atoms with E-state index in [4.69, 9.17) is 4.74 Å². The van der Waals surface area contributed by atoms with Gasteiger partial charge in [0.2, 0.25) is 5.88 Å². The van der Waals surface area contributed by atoms with Crippen LogP contribution in [0.1, 0.15) is 58.8 Å². The Labute approximate surface area is 121 Å². The number of rotatable bonds is 5. The summed E-state index contributed by atoms with van der Waals surface area (Å²) in [4.78, 5) is 4.61. The number of unbranched alkanes of at least 4 members (excludes halogenated alkanes) is 1. The second-order valence-electron chi connectivity index (χ2n) is 6.00. The molecule has 0 bridgehead atoms. The van der Waals surface area contributed by atoms with Gasteiger partial charge >= 0.3 is 0 Å². The summed E-state index contributed by atoms with van der Waals surface area (Å²) in [6.07, 6.45) is 13.2. The zero-order valence-corrected chi connectivity index (χ0v) is 12.6. The maximum absolute atomic E-state index is 6.19. The largest absolute Gasteiger partial charge is 0.475 e. The number of fused-ring (bicyclic) bond motifs is 1. The second-order valence-corrected chi connectivity index (χ2v) is 6.00. The minimum Gasteiger partial charge on any atom is -0.475 e. The normalized spacial score (nSPS) is 26.2. The van der Waals surface area contributed by atoms with Crippen molar-refractivity contribution in [2.24, 2.45) is 4.99 Å². The minimum atomic E-state index is 0.380. The van der Waals surface area contributed by atoms with E-state index in [1.165, 1.54) is 38.5 Å². The first-order valence-corrected chi connectivity index (χ1v) is 7.98. The van der Waals surface area contributed by atoms with Crippen molar-refractivity contribution in [3.63, 3.8) is 0 Å². The van der Waals surface area contributed by atoms with Crippen molar-refractivity contribution >= 4 is 5.71 Å². The fraction of sp³-hybridized carbons (Fsp3) is 0.688. The van der Waals surface area contributed by atoms with Gasteiger partial charge in [-0.25, -0.2) is 15.4 Å². The number of nitrogens with one attached hydrogen (secondary N) is 1. The first kappa shape index (κ1) is 13.7. The topological polar surface area (TPSA) is 36.9 Å². The summed E-state index contributed by atoms with van der Waals surface area (Å²) in [5, 5.41) is 2.03. The van der Waals surface area contributed by atoms with Crippen molar-refractivity contribution in [1.29, 1.82) is 0 Å². The number of ether oxygens (including phenoxy) is 1. The Balaban J connectivity index is 1.69. The lowest BCUT2D eigenvalue weighted by Gasteiger charge is -2.29. The zero-order chi connectivity index (χ0) is 13.9. The summed E-state index contributed by atoms with van der Waals surface area (Å²) in [6, 6.07) is 0.384. The van der Waals surface area contributed by atoms with Crippen LogP contribution in [0.3, 0.4) is 0 Å². The molecule has 2 heterocycles. The molecule has 0 spiro atoms. The Kier molecular flexibility index (Phi) is 4.10. The predicted octanol–water partition coefficient (Wildman–Crippen LogP) is 3.48. The number of hydrazine groups is 1. The van der Waals surface area contributed by atoms with Gasteiger partial charge in [-0.15, -0.1) is 0 Å². The number of nitrogens with zero attached hydrogens (tertiary/aromatic N) is 2. The molecule has 3 aliphatic rings. The van der Waals surface area contributed by atoms with Crippen LogP contribution in [0.15, 0.2) is 28.8 Å². The van der Waals surface area contributed by atoms with E-state index >= 15 is 0 Å². The van der Waals surface area contributed by atoms with Gasteiger partial charge in [-0.05, 0) is 45.1 Å². The van der Waals surface area contributed by atoms with Crippen LogP contribution in [0.2, 0.25) is 0 Å². The zero-order valence-electron chi connectivity index (χ0n) is 12.6. The Morgan fingerprint density at radius 1 is 1.40 bits per heavy atom. The minimum absolute atomic E-state index is 0.380. The molecule has 0 aromatic rings. The van der Waals surface area contributed by atoms with Crippen LogP contribution in [0.25, 0.3) is 0 Å². The number of hydrogen-bond acceptors (Lipinski definition) is 4. The summed E-state index contributed by atoms with van der Waals surface area (Å²) in [7, 11) is 0. The van der Waals surface area contributed by atoms with E-state index in [9.17, 15) is 0 Å². The molecule has 1 saturated carbocycles. The van der Waals surface area contributed by atoms with Crippen LogP contribution >= 0.6 is 0 Å². The van der Waals surface area contributed by atoms with Crippen molar-refractivity contribution in [3.8, 4) is 0 Å². The Morgan fingerprint density at radius 2 is 2.20 bits per heavy atom. The SMILES string of the molecule is CCCCC1C=C2N=C(C)C=C(OC3CCCC3)N2N1. The molecule has 2 aliphatic heterocycles. The average molecular weight is 275 g/mol. The molecule has 1 unspecified atom stereocenters. The van der Waals surface area contributed by atoms with E-state index in [0.29, 0.717) is 12.1 Å². The highest BCUT2D eigenvalue weighted by molar-refractivity contribution is 5.94. The first-order valence-electron chi connectivity index (χ1n) is 7.98. The van der Waals surface area contributed by atoms with Crippen molar-refractivity contribution < 1.29 is 4.74 Å². The fourth-order valence-electron chi connectivity index (χ4n) is 3.08. The Bertz CT molecular complexity index is 447. The van der Waals surface area contributed by atoms with Crippen LogP contribution in [-0.4, -0.2) is 22.9 Å². The molecule has 1 atom stereocenters. The van der Waals surface area contributed by atoms with Crippen molar-refractivity contribution in [3.05, 3.63) is 23.9 Å². The van der Waals surface area contributed by atoms with Gasteiger partial charge in [-0.2, -0.15) is 0 Å². The molecular formula is C16H25N3O. The third kappa shape index (κ3) is 2.90. The van der Waals surface area contributed by atoms with Crippen LogP contribution in [0.4, 0.5) is 0 Å². The lowest BCUT2D eigenvalue weighted by Crippen LogP contribution is -2.39. The van der Waals surface area contributed by atoms with Crippen molar-refractivity contribution in [2.75, 3.05) is 0 Å². The summed E-state index contributed by atoms with van der Waals surface area (Å²) in [5.74, 6) is 1.92. The molecule has 110 valence electrons. The lowest BCUT2D eigenvalue weighted by molar-refractivity contribution is 0.0491. The number of allylic oxidation sites excluding steroid dienone is 1. The van der Waals surface area contributed by atoms with Crippen molar-refractivity contribution in [2.45, 2.75) is 70.9 Å². The van der Waals surface area contributed by atoms with Gasteiger partial charge in [0.1, 0.15) is 11.9 Å². The molecule has 0 aromatic heterocycles. The second kappa shape index (κ2) is 6.00. The van der Waals surface area contributed by atoms with E-state index in [1.807, 2.05) is 18.0 Å². The molecule has 20 heavy (non-hydrogen) atoms. The van der Waals surface area contributed by atoms with Gasteiger partial charge in [0.15, 0.2) is 0 Å². The quantitative estimate of drug-likeness (QED) is 0.834. The van der Waals surface area contributed by atoms with Gasteiger partial charge in [0.25, 0.3) is 0 Å². The summed E-state index contributed by atoms with van der Waals surface area (Å²) in [6.45, 7) is 4.27. The molecule has 0 radical (unpaired) electrons. The first-order chi connectivity index (χ1) is 9.76. The Hall–Kier alpha value is -1.29. The molecule has 1 fully saturated rings. The lowest BCUT2D eigenvalue weighted by atomic mass is 10.1. The van der Waals surface area contributed by atoms with Crippen LogP contribution < -0.4 is 5.43 Å². The number of hydrogen-bond donors (Lipinski definition) is 1. The Morgan fingerprint density at radius 3 is 2.95 bits per heavy atom. The molecule has 4 heteroatoms. The highest BCUT2D eigenvalue weighted by Gasteiger charge is 2.30. The smallest absolute Gasteiger partial charge is 0.212 e. The number of aliphatic imine (C=N–C) groups is 1. The summed E-state index contributed by atoms with van der Waals surface area (Å²) in [5.41, 5.74) is 4.54. The maximum Gasteiger partial charge on any atom is 0.212 e. The third-order valence-electron chi connectivity index (χ3n) is 4.18. The third-order valence-corrected chi connectivity index (χ3v) is 4.18. The van der Waals surface area contributed by atoms with Gasteiger partial charge in [0, 0.05) is 17.8 Å². The molecule has 0 amide bonds. The molecule has 0 aromatic carbocycles. The van der Waals surface area contributed by atoms with Crippen LogP contribution in [-0.2, 0) is 4.74 Å². The average Bonchev–Trinajstić information content (AvgIpc) is 3.05. The monoisotopic (exact) mass is 275 g/mol. The maximum atomic E-state index is 6.19. The highest BCUT2D eigenvalue weighted by atomic mass is 16.5. The fourth-order valence-corrected chi connectivity index (χ4v) is 3.08. The van der Waals surface area contributed by atoms with E-state index < -0.39 is 0 Å². The molecule has 0 saturated heterocycles. The van der Waals surface area contributed by atoms with E-state index in [1.54, 1.807) is 0 Å². The van der Waals surface area contributed by atoms with E-state index in [-0.39, 0.29) is 0 Å². The van der Waals surface area contributed by atoms with Gasteiger partial charge in [-0.3, -0.25) is 0 Å². The van der Waals surface area contributed by atoms with Crippen LogP contribution in [0.5, 0.6) is 0 Å². The molecular weight excluding hydrogens is 250 g/mol. The van der Waals surface area contributed by atoms with E-state index in [0.717, 1.165) is 23.8 Å². The predicted molar refractivity (Wildman–Crippen MR) is 80.9 cm³/mol. The highest BCUT2D eigenvalue weighted by Crippen LogP contribution is 2.30. The molecule has 3 rings (SSSR count). The molecule has 1 aliphatic carbocycles. The van der Waals surface area contributed by atoms with Gasteiger partial charge in [0.05, 0.1) is 0 Å². The standard InChI is InChI=1S/C16H25N3O/c1-3-4-7-13-11-15-17-12(2)10-16(19(15)18-13)20-14-8-5-6-9-14/h10-11,13-14,18H,3-9H2,1-2H3. The van der Waals surface area contributed by atoms with Gasteiger partial charge in [-0.1, -0.05) is 19.8 Å². The molecule has 1 N–H and O–H groups in total. The molecule has 4 nitrogen and oxygen atoms in total. The summed E-state index contributed by atoms with van der Waals surface area (Å²) >= 11 is 0.